The van der Waals surface area contributed by atoms with Gasteiger partial charge < -0.3 is 4.74 Å². The Morgan fingerprint density at radius 3 is 2.42 bits per heavy atom. The number of aryl methyl sites for hydroxylation is 1. The summed E-state index contributed by atoms with van der Waals surface area (Å²) < 4.78 is 7.95. The van der Waals surface area contributed by atoms with Gasteiger partial charge in [-0.15, -0.1) is 0 Å². The molecule has 0 saturated carbocycles. The van der Waals surface area contributed by atoms with E-state index in [-0.39, 0.29) is 5.91 Å². The maximum absolute atomic E-state index is 12.6. The van der Waals surface area contributed by atoms with E-state index in [0.29, 0.717) is 28.0 Å². The summed E-state index contributed by atoms with van der Waals surface area (Å²) in [4.78, 5) is 12.6. The monoisotopic (exact) mass is 452 g/mol. The van der Waals surface area contributed by atoms with Crippen molar-refractivity contribution < 1.29 is 9.53 Å². The Bertz CT molecular complexity index is 968. The minimum atomic E-state index is -0.176. The number of nitrogens with zero attached hydrogens (tertiary/aromatic N) is 2. The molecule has 3 rings (SSSR count). The van der Waals surface area contributed by atoms with E-state index >= 15 is 0 Å². The van der Waals surface area contributed by atoms with Crippen molar-refractivity contribution in [1.29, 1.82) is 0 Å². The molecule has 0 atom stereocenters. The predicted octanol–water partition coefficient (Wildman–Crippen LogP) is 5.84. The summed E-state index contributed by atoms with van der Waals surface area (Å²) in [6, 6.07) is 12.3. The summed E-state index contributed by atoms with van der Waals surface area (Å²) in [5, 5.41) is 5.29. The van der Waals surface area contributed by atoms with E-state index in [4.69, 9.17) is 27.9 Å². The van der Waals surface area contributed by atoms with Crippen molar-refractivity contribution in [2.75, 3.05) is 0 Å². The van der Waals surface area contributed by atoms with E-state index in [1.165, 1.54) is 4.68 Å². The predicted molar refractivity (Wildman–Crippen MR) is 106 cm³/mol. The molecule has 134 valence electrons. The molecule has 0 amide bonds. The van der Waals surface area contributed by atoms with Crippen LogP contribution in [0.15, 0.2) is 46.9 Å². The molecular weight excluding hydrogens is 439 g/mol. The standard InChI is InChI=1S/C19H15BrCl2N2O2/c1-11-18(20)12(2)24(23-11)19(25)14-5-3-13(4-6-14)10-26-17-8-7-15(21)9-16(17)22/h3-9H,10H2,1-2H3. The Kier molecular flexibility index (Phi) is 5.70. The molecule has 0 aliphatic rings. The lowest BCUT2D eigenvalue weighted by atomic mass is 10.1. The summed E-state index contributed by atoms with van der Waals surface area (Å²) in [5.74, 6) is 0.383. The summed E-state index contributed by atoms with van der Waals surface area (Å²) in [6.45, 7) is 4.03. The zero-order valence-electron chi connectivity index (χ0n) is 14.1. The molecular formula is C19H15BrCl2N2O2. The first kappa shape index (κ1) is 19.0. The van der Waals surface area contributed by atoms with E-state index in [2.05, 4.69) is 21.0 Å². The van der Waals surface area contributed by atoms with Gasteiger partial charge in [0.1, 0.15) is 12.4 Å². The van der Waals surface area contributed by atoms with Gasteiger partial charge in [-0.1, -0.05) is 35.3 Å². The normalized spacial score (nSPS) is 10.8. The molecule has 1 aromatic heterocycles. The van der Waals surface area contributed by atoms with Crippen molar-refractivity contribution in [3.63, 3.8) is 0 Å². The van der Waals surface area contributed by atoms with Crippen LogP contribution in [0.5, 0.6) is 5.75 Å². The molecule has 0 spiro atoms. The van der Waals surface area contributed by atoms with Crippen LogP contribution in [-0.4, -0.2) is 15.7 Å². The molecule has 26 heavy (non-hydrogen) atoms. The largest absolute Gasteiger partial charge is 0.487 e. The van der Waals surface area contributed by atoms with E-state index in [0.717, 1.165) is 21.4 Å². The number of hydrogen-bond acceptors (Lipinski definition) is 3. The maximum atomic E-state index is 12.6. The molecule has 4 nitrogen and oxygen atoms in total. The summed E-state index contributed by atoms with van der Waals surface area (Å²) in [6.07, 6.45) is 0. The molecule has 0 radical (unpaired) electrons. The van der Waals surface area contributed by atoms with Gasteiger partial charge in [-0.25, -0.2) is 0 Å². The van der Waals surface area contributed by atoms with Crippen molar-refractivity contribution in [2.24, 2.45) is 0 Å². The lowest BCUT2D eigenvalue weighted by Crippen LogP contribution is -2.15. The van der Waals surface area contributed by atoms with Crippen LogP contribution in [0.4, 0.5) is 0 Å². The average molecular weight is 454 g/mol. The van der Waals surface area contributed by atoms with Gasteiger partial charge in [0.2, 0.25) is 0 Å². The Morgan fingerprint density at radius 1 is 1.15 bits per heavy atom. The van der Waals surface area contributed by atoms with Crippen LogP contribution in [-0.2, 0) is 6.61 Å². The van der Waals surface area contributed by atoms with Gasteiger partial charge in [-0.3, -0.25) is 4.79 Å². The minimum absolute atomic E-state index is 0.176. The zero-order chi connectivity index (χ0) is 18.8. The van der Waals surface area contributed by atoms with Crippen molar-refractivity contribution >= 4 is 45.0 Å². The van der Waals surface area contributed by atoms with Gasteiger partial charge in [-0.05, 0) is 65.7 Å². The lowest BCUT2D eigenvalue weighted by Gasteiger charge is -2.09. The number of hydrogen-bond donors (Lipinski definition) is 0. The van der Waals surface area contributed by atoms with Crippen LogP contribution >= 0.6 is 39.1 Å². The molecule has 0 unspecified atom stereocenters. The molecule has 0 aliphatic heterocycles. The van der Waals surface area contributed by atoms with Gasteiger partial charge in [0.05, 0.1) is 20.9 Å². The maximum Gasteiger partial charge on any atom is 0.278 e. The molecule has 3 aromatic rings. The zero-order valence-corrected chi connectivity index (χ0v) is 17.2. The minimum Gasteiger partial charge on any atom is -0.487 e. The highest BCUT2D eigenvalue weighted by Gasteiger charge is 2.16. The van der Waals surface area contributed by atoms with Gasteiger partial charge >= 0.3 is 0 Å². The summed E-state index contributed by atoms with van der Waals surface area (Å²) in [7, 11) is 0. The van der Waals surface area contributed by atoms with Crippen molar-refractivity contribution in [1.82, 2.24) is 9.78 Å². The highest BCUT2D eigenvalue weighted by molar-refractivity contribution is 9.10. The quantitative estimate of drug-likeness (QED) is 0.498. The van der Waals surface area contributed by atoms with Crippen LogP contribution in [0.3, 0.4) is 0 Å². The van der Waals surface area contributed by atoms with E-state index in [9.17, 15) is 4.79 Å². The highest BCUT2D eigenvalue weighted by atomic mass is 79.9. The third-order valence-corrected chi connectivity index (χ3v) is 5.56. The lowest BCUT2D eigenvalue weighted by molar-refractivity contribution is 0.0942. The van der Waals surface area contributed by atoms with E-state index < -0.39 is 0 Å². The van der Waals surface area contributed by atoms with Crippen molar-refractivity contribution in [3.8, 4) is 5.75 Å². The van der Waals surface area contributed by atoms with Crippen molar-refractivity contribution in [3.05, 3.63) is 79.5 Å². The number of benzene rings is 2. The molecule has 0 aliphatic carbocycles. The molecule has 0 bridgehead atoms. The molecule has 0 N–H and O–H groups in total. The fourth-order valence-electron chi connectivity index (χ4n) is 2.44. The van der Waals surface area contributed by atoms with Crippen LogP contribution in [0.25, 0.3) is 0 Å². The number of halogens is 3. The van der Waals surface area contributed by atoms with Crippen molar-refractivity contribution in [2.45, 2.75) is 20.5 Å². The van der Waals surface area contributed by atoms with Gasteiger partial charge in [0, 0.05) is 10.6 Å². The smallest absolute Gasteiger partial charge is 0.278 e. The molecule has 7 heteroatoms. The Balaban J connectivity index is 1.72. The Morgan fingerprint density at radius 2 is 1.85 bits per heavy atom. The summed E-state index contributed by atoms with van der Waals surface area (Å²) >= 11 is 15.4. The highest BCUT2D eigenvalue weighted by Crippen LogP contribution is 2.28. The fourth-order valence-corrected chi connectivity index (χ4v) is 3.15. The second kappa shape index (κ2) is 7.82. The fraction of sp³-hybridized carbons (Fsp3) is 0.158. The van der Waals surface area contributed by atoms with Gasteiger partial charge in [-0.2, -0.15) is 9.78 Å². The topological polar surface area (TPSA) is 44.1 Å². The first-order valence-corrected chi connectivity index (χ1v) is 9.35. The van der Waals surface area contributed by atoms with E-state index in [1.807, 2.05) is 26.0 Å². The van der Waals surface area contributed by atoms with Gasteiger partial charge in [0.25, 0.3) is 5.91 Å². The molecule has 0 saturated heterocycles. The number of carbonyl (C=O) groups is 1. The first-order chi connectivity index (χ1) is 12.4. The Labute approximate surface area is 169 Å². The third-order valence-electron chi connectivity index (χ3n) is 3.88. The molecule has 1 heterocycles. The number of ether oxygens (including phenoxy) is 1. The summed E-state index contributed by atoms with van der Waals surface area (Å²) in [5.41, 5.74) is 3.02. The second-order valence-corrected chi connectivity index (χ2v) is 7.40. The van der Waals surface area contributed by atoms with E-state index in [1.54, 1.807) is 30.3 Å². The SMILES string of the molecule is Cc1nn(C(=O)c2ccc(COc3ccc(Cl)cc3Cl)cc2)c(C)c1Br. The van der Waals surface area contributed by atoms with Gasteiger partial charge in [0.15, 0.2) is 0 Å². The Hall–Kier alpha value is -1.82. The third kappa shape index (κ3) is 3.95. The van der Waals surface area contributed by atoms with Crippen LogP contribution in [0.2, 0.25) is 10.0 Å². The second-order valence-electron chi connectivity index (χ2n) is 5.76. The first-order valence-electron chi connectivity index (χ1n) is 7.80. The number of aromatic nitrogens is 2. The van der Waals surface area contributed by atoms with Crippen LogP contribution < -0.4 is 4.74 Å². The average Bonchev–Trinajstić information content (AvgIpc) is 2.88. The number of carbonyl (C=O) groups excluding carboxylic acids is 1. The van der Waals surface area contributed by atoms with Crippen LogP contribution in [0.1, 0.15) is 27.3 Å². The number of rotatable bonds is 4. The molecule has 2 aromatic carbocycles. The molecule has 0 fully saturated rings. The van der Waals surface area contributed by atoms with Crippen LogP contribution in [0, 0.1) is 13.8 Å².